The zero-order valence-corrected chi connectivity index (χ0v) is 20.0. The Balaban J connectivity index is 1.94. The molecule has 0 fully saturated rings. The molecule has 0 spiro atoms. The third-order valence-corrected chi connectivity index (χ3v) is 5.19. The van der Waals surface area contributed by atoms with E-state index in [2.05, 4.69) is 34.9 Å². The van der Waals surface area contributed by atoms with Gasteiger partial charge in [0.2, 0.25) is 0 Å². The number of halogens is 1. The van der Waals surface area contributed by atoms with Crippen LogP contribution in [0.15, 0.2) is 51.5 Å². The summed E-state index contributed by atoms with van der Waals surface area (Å²) in [7, 11) is 0. The van der Waals surface area contributed by atoms with Crippen LogP contribution in [0.25, 0.3) is 6.08 Å². The van der Waals surface area contributed by atoms with Gasteiger partial charge in [-0.15, -0.1) is 0 Å². The minimum absolute atomic E-state index is 0.0860. The van der Waals surface area contributed by atoms with Gasteiger partial charge in [-0.2, -0.15) is 10.1 Å². The molecule has 1 heterocycles. The molecular weight excluding hydrogens is 476 g/mol. The zero-order chi connectivity index (χ0) is 23.4. The molecule has 8 heteroatoms. The van der Waals surface area contributed by atoms with Crippen molar-refractivity contribution in [1.82, 2.24) is 0 Å². The predicted octanol–water partition coefficient (Wildman–Crippen LogP) is 5.39. The van der Waals surface area contributed by atoms with Crippen LogP contribution >= 0.6 is 15.9 Å². The number of carbonyl (C=O) groups excluding carboxylic acids is 1. The lowest BCUT2D eigenvalue weighted by molar-refractivity contribution is -0.114. The van der Waals surface area contributed by atoms with Crippen LogP contribution in [0.5, 0.6) is 11.5 Å². The second kappa shape index (κ2) is 9.99. The predicted molar refractivity (Wildman–Crippen MR) is 128 cm³/mol. The summed E-state index contributed by atoms with van der Waals surface area (Å²) in [6.45, 7) is 8.79. The number of hydrazone groups is 1. The highest BCUT2D eigenvalue weighted by Crippen LogP contribution is 2.38. The van der Waals surface area contributed by atoms with E-state index in [0.717, 1.165) is 10.0 Å². The van der Waals surface area contributed by atoms with Gasteiger partial charge in [0.1, 0.15) is 0 Å². The zero-order valence-electron chi connectivity index (χ0n) is 18.4. The minimum atomic E-state index is -1.07. The van der Waals surface area contributed by atoms with E-state index >= 15 is 0 Å². The van der Waals surface area contributed by atoms with E-state index < -0.39 is 5.97 Å². The lowest BCUT2D eigenvalue weighted by atomic mass is 10.1. The molecule has 0 radical (unpaired) electrons. The Kier molecular flexibility index (Phi) is 7.35. The molecule has 0 atom stereocenters. The fraction of sp³-hybridized carbons (Fsp3) is 0.292. The topological polar surface area (TPSA) is 88.4 Å². The van der Waals surface area contributed by atoms with Crippen molar-refractivity contribution in [2.45, 2.75) is 27.7 Å². The van der Waals surface area contributed by atoms with Crippen LogP contribution < -0.4 is 14.5 Å². The molecule has 0 aliphatic carbocycles. The lowest BCUT2D eigenvalue weighted by Gasteiger charge is -2.16. The normalized spacial score (nSPS) is 14.8. The second-order valence-corrected chi connectivity index (χ2v) is 8.54. The quantitative estimate of drug-likeness (QED) is 0.491. The Morgan fingerprint density at radius 3 is 2.66 bits per heavy atom. The van der Waals surface area contributed by atoms with E-state index in [1.807, 2.05) is 19.1 Å². The monoisotopic (exact) mass is 500 g/mol. The third-order valence-electron chi connectivity index (χ3n) is 4.60. The average Bonchev–Trinajstić information content (AvgIpc) is 3.01. The number of carbonyl (C=O) groups is 2. The highest BCUT2D eigenvalue weighted by Gasteiger charge is 2.29. The molecule has 32 heavy (non-hydrogen) atoms. The van der Waals surface area contributed by atoms with E-state index in [-0.39, 0.29) is 11.5 Å². The first-order valence-corrected chi connectivity index (χ1v) is 11.0. The number of rotatable bonds is 8. The number of benzene rings is 2. The maximum atomic E-state index is 13.1. The van der Waals surface area contributed by atoms with Crippen LogP contribution in [-0.2, 0) is 4.79 Å². The third kappa shape index (κ3) is 5.19. The maximum Gasteiger partial charge on any atom is 0.335 e. The van der Waals surface area contributed by atoms with Gasteiger partial charge in [0, 0.05) is 0 Å². The number of hydrogen-bond donors (Lipinski definition) is 1. The van der Waals surface area contributed by atoms with Gasteiger partial charge in [-0.25, -0.2) is 4.79 Å². The number of carboxylic acids is 1. The smallest absolute Gasteiger partial charge is 0.335 e. The van der Waals surface area contributed by atoms with Gasteiger partial charge in [-0.3, -0.25) is 4.79 Å². The molecule has 7 nitrogen and oxygen atoms in total. The summed E-state index contributed by atoms with van der Waals surface area (Å²) >= 11 is 3.55. The summed E-state index contributed by atoms with van der Waals surface area (Å²) in [4.78, 5) is 24.3. The van der Waals surface area contributed by atoms with Crippen LogP contribution in [0.1, 0.15) is 43.6 Å². The molecule has 168 valence electrons. The highest BCUT2D eigenvalue weighted by molar-refractivity contribution is 9.10. The van der Waals surface area contributed by atoms with E-state index in [0.29, 0.717) is 47.6 Å². The Morgan fingerprint density at radius 2 is 2.00 bits per heavy atom. The molecule has 0 saturated carbocycles. The van der Waals surface area contributed by atoms with Crippen LogP contribution in [0.4, 0.5) is 5.69 Å². The van der Waals surface area contributed by atoms with E-state index in [4.69, 9.17) is 9.47 Å². The summed E-state index contributed by atoms with van der Waals surface area (Å²) in [5.41, 5.74) is 2.17. The first kappa shape index (κ1) is 23.5. The van der Waals surface area contributed by atoms with Crippen molar-refractivity contribution in [2.75, 3.05) is 18.2 Å². The first-order chi connectivity index (χ1) is 15.2. The number of anilines is 1. The fourth-order valence-corrected chi connectivity index (χ4v) is 3.70. The number of hydrogen-bond acceptors (Lipinski definition) is 5. The standard InChI is InChI=1S/C24H25BrN2O5/c1-5-31-21-11-16(10-20(25)22(21)32-13-14(2)3)9-19-15(4)26-27(23(19)28)18-8-6-7-17(12-18)24(29)30/h6-12,14H,5,13H2,1-4H3,(H,29,30)/b19-9-. The number of carboxylic acid groups (broad SMARTS) is 1. The van der Waals surface area contributed by atoms with Crippen LogP contribution in [0, 0.1) is 5.92 Å². The average molecular weight is 501 g/mol. The minimum Gasteiger partial charge on any atom is -0.490 e. The summed E-state index contributed by atoms with van der Waals surface area (Å²) in [6, 6.07) is 9.80. The van der Waals surface area contributed by atoms with Gasteiger partial charge in [0.15, 0.2) is 11.5 Å². The Bertz CT molecular complexity index is 1110. The molecular formula is C24H25BrN2O5. The van der Waals surface area contributed by atoms with Crippen molar-refractivity contribution in [1.29, 1.82) is 0 Å². The molecule has 0 saturated heterocycles. The van der Waals surface area contributed by atoms with Crippen molar-refractivity contribution in [2.24, 2.45) is 11.0 Å². The Labute approximate surface area is 195 Å². The molecule has 1 amide bonds. The Morgan fingerprint density at radius 1 is 1.25 bits per heavy atom. The van der Waals surface area contributed by atoms with Crippen molar-refractivity contribution in [3.05, 3.63) is 57.6 Å². The molecule has 1 aliphatic heterocycles. The molecule has 3 rings (SSSR count). The summed E-state index contributed by atoms with van der Waals surface area (Å²) in [5.74, 6) is 0.166. The number of nitrogens with zero attached hydrogens (tertiary/aromatic N) is 2. The summed E-state index contributed by atoms with van der Waals surface area (Å²) < 4.78 is 12.4. The van der Waals surface area contributed by atoms with Crippen molar-refractivity contribution in [3.63, 3.8) is 0 Å². The molecule has 0 unspecified atom stereocenters. The number of ether oxygens (including phenoxy) is 2. The van der Waals surface area contributed by atoms with Gasteiger partial charge in [0.05, 0.1) is 40.2 Å². The lowest BCUT2D eigenvalue weighted by Crippen LogP contribution is -2.21. The van der Waals surface area contributed by atoms with Crippen LogP contribution in [0.3, 0.4) is 0 Å². The van der Waals surface area contributed by atoms with E-state index in [1.165, 1.54) is 17.1 Å². The number of aromatic carboxylic acids is 1. The van der Waals surface area contributed by atoms with Crippen molar-refractivity contribution in [3.8, 4) is 11.5 Å². The van der Waals surface area contributed by atoms with E-state index in [9.17, 15) is 14.7 Å². The molecule has 0 aromatic heterocycles. The largest absolute Gasteiger partial charge is 0.490 e. The van der Waals surface area contributed by atoms with Gasteiger partial charge >= 0.3 is 5.97 Å². The Hall–Kier alpha value is -3.13. The molecule has 0 bridgehead atoms. The maximum absolute atomic E-state index is 13.1. The number of amides is 1. The van der Waals surface area contributed by atoms with Gasteiger partial charge in [0.25, 0.3) is 5.91 Å². The summed E-state index contributed by atoms with van der Waals surface area (Å²) in [5, 5.41) is 14.8. The highest BCUT2D eigenvalue weighted by atomic mass is 79.9. The SMILES string of the molecule is CCOc1cc(/C=C2\C(=O)N(c3cccc(C(=O)O)c3)N=C2C)cc(Br)c1OCC(C)C. The summed E-state index contributed by atoms with van der Waals surface area (Å²) in [6.07, 6.45) is 1.74. The molecule has 1 N–H and O–H groups in total. The molecule has 1 aliphatic rings. The molecule has 2 aromatic carbocycles. The van der Waals surface area contributed by atoms with Crippen LogP contribution in [0.2, 0.25) is 0 Å². The molecule has 2 aromatic rings. The van der Waals surface area contributed by atoms with Crippen molar-refractivity contribution < 1.29 is 24.2 Å². The second-order valence-electron chi connectivity index (χ2n) is 7.68. The van der Waals surface area contributed by atoms with Gasteiger partial charge in [-0.05, 0) is 77.7 Å². The fourth-order valence-electron chi connectivity index (χ4n) is 3.12. The van der Waals surface area contributed by atoms with Gasteiger partial charge in [-0.1, -0.05) is 19.9 Å². The van der Waals surface area contributed by atoms with Crippen molar-refractivity contribution >= 4 is 45.3 Å². The first-order valence-electron chi connectivity index (χ1n) is 10.3. The van der Waals surface area contributed by atoms with Gasteiger partial charge < -0.3 is 14.6 Å². The van der Waals surface area contributed by atoms with Crippen LogP contribution in [-0.4, -0.2) is 35.9 Å². The van der Waals surface area contributed by atoms with E-state index in [1.54, 1.807) is 25.1 Å².